The highest BCUT2D eigenvalue weighted by molar-refractivity contribution is 7.18. The van der Waals surface area contributed by atoms with Gasteiger partial charge in [-0.2, -0.15) is 0 Å². The Morgan fingerprint density at radius 2 is 2.00 bits per heavy atom. The average Bonchev–Trinajstić information content (AvgIpc) is 2.90. The Kier molecular flexibility index (Phi) is 4.06. The molecule has 100 valence electrons. The van der Waals surface area contributed by atoms with E-state index in [2.05, 4.69) is 5.32 Å². The molecule has 0 aliphatic carbocycles. The van der Waals surface area contributed by atoms with Crippen LogP contribution in [-0.2, 0) is 4.74 Å². The van der Waals surface area contributed by atoms with Gasteiger partial charge >= 0.3 is 5.97 Å². The summed E-state index contributed by atoms with van der Waals surface area (Å²) in [5.41, 5.74) is 1.72. The molecule has 1 N–H and O–H groups in total. The van der Waals surface area contributed by atoms with Gasteiger partial charge in [0.05, 0.1) is 19.9 Å². The van der Waals surface area contributed by atoms with E-state index in [1.54, 1.807) is 14.2 Å². The third-order valence-corrected chi connectivity index (χ3v) is 3.89. The summed E-state index contributed by atoms with van der Waals surface area (Å²) < 4.78 is 10.1. The first-order valence-electron chi connectivity index (χ1n) is 5.74. The molecule has 5 heteroatoms. The second kappa shape index (κ2) is 5.75. The molecule has 1 aromatic heterocycles. The van der Waals surface area contributed by atoms with Gasteiger partial charge in [-0.1, -0.05) is 12.1 Å². The quantitative estimate of drug-likeness (QED) is 0.871. The Morgan fingerprint density at radius 1 is 1.26 bits per heavy atom. The molecule has 19 heavy (non-hydrogen) atoms. The van der Waals surface area contributed by atoms with Crippen LogP contribution in [0.3, 0.4) is 0 Å². The predicted octanol–water partition coefficient (Wildman–Crippen LogP) is 3.25. The summed E-state index contributed by atoms with van der Waals surface area (Å²) in [5.74, 6) is 0.443. The maximum atomic E-state index is 11.7. The molecule has 0 fully saturated rings. The van der Waals surface area contributed by atoms with Crippen LogP contribution in [0.1, 0.15) is 9.67 Å². The van der Waals surface area contributed by atoms with Crippen molar-refractivity contribution in [3.05, 3.63) is 35.2 Å². The second-order valence-corrected chi connectivity index (χ2v) is 4.85. The van der Waals surface area contributed by atoms with Crippen molar-refractivity contribution in [1.29, 1.82) is 0 Å². The fraction of sp³-hybridized carbons (Fsp3) is 0.214. The van der Waals surface area contributed by atoms with Gasteiger partial charge in [0.1, 0.15) is 10.6 Å². The van der Waals surface area contributed by atoms with Crippen LogP contribution in [0.2, 0.25) is 0 Å². The molecule has 0 radical (unpaired) electrons. The largest absolute Gasteiger partial charge is 0.496 e. The SMILES string of the molecule is CNc1cc(-c2ccccc2OC)sc1C(=O)OC. The first-order chi connectivity index (χ1) is 9.21. The smallest absolute Gasteiger partial charge is 0.350 e. The molecule has 4 nitrogen and oxygen atoms in total. The van der Waals surface area contributed by atoms with E-state index in [1.807, 2.05) is 30.3 Å². The van der Waals surface area contributed by atoms with Gasteiger partial charge in [-0.15, -0.1) is 11.3 Å². The van der Waals surface area contributed by atoms with E-state index >= 15 is 0 Å². The Bertz CT molecular complexity index is 592. The Morgan fingerprint density at radius 3 is 2.63 bits per heavy atom. The standard InChI is InChI=1S/C14H15NO3S/c1-15-10-8-12(19-13(10)14(16)18-3)9-6-4-5-7-11(9)17-2/h4-8,15H,1-3H3. The number of anilines is 1. The van der Waals surface area contributed by atoms with E-state index in [0.29, 0.717) is 4.88 Å². The minimum absolute atomic E-state index is 0.338. The summed E-state index contributed by atoms with van der Waals surface area (Å²) in [6, 6.07) is 9.64. The zero-order chi connectivity index (χ0) is 13.8. The highest BCUT2D eigenvalue weighted by Crippen LogP contribution is 2.39. The second-order valence-electron chi connectivity index (χ2n) is 3.80. The van der Waals surface area contributed by atoms with E-state index in [9.17, 15) is 4.79 Å². The summed E-state index contributed by atoms with van der Waals surface area (Å²) in [4.78, 5) is 13.2. The van der Waals surface area contributed by atoms with Gasteiger partial charge < -0.3 is 14.8 Å². The number of hydrogen-bond donors (Lipinski definition) is 1. The molecule has 1 aromatic carbocycles. The van der Waals surface area contributed by atoms with Crippen molar-refractivity contribution in [2.45, 2.75) is 0 Å². The lowest BCUT2D eigenvalue weighted by atomic mass is 10.1. The van der Waals surface area contributed by atoms with Crippen molar-refractivity contribution < 1.29 is 14.3 Å². The van der Waals surface area contributed by atoms with Crippen LogP contribution in [0.4, 0.5) is 5.69 Å². The van der Waals surface area contributed by atoms with Crippen LogP contribution < -0.4 is 10.1 Å². The number of methoxy groups -OCH3 is 2. The predicted molar refractivity (Wildman–Crippen MR) is 77.2 cm³/mol. The lowest BCUT2D eigenvalue weighted by Gasteiger charge is -2.05. The molecule has 1 heterocycles. The number of carbonyl (C=O) groups is 1. The van der Waals surface area contributed by atoms with Crippen LogP contribution in [0.25, 0.3) is 10.4 Å². The Hall–Kier alpha value is -2.01. The fourth-order valence-corrected chi connectivity index (χ4v) is 2.91. The lowest BCUT2D eigenvalue weighted by molar-refractivity contribution is 0.0607. The van der Waals surface area contributed by atoms with E-state index in [4.69, 9.17) is 9.47 Å². The average molecular weight is 277 g/mol. The third kappa shape index (κ3) is 2.56. The summed E-state index contributed by atoms with van der Waals surface area (Å²) in [6.45, 7) is 0. The molecule has 0 saturated carbocycles. The number of hydrogen-bond acceptors (Lipinski definition) is 5. The number of carbonyl (C=O) groups excluding carboxylic acids is 1. The van der Waals surface area contributed by atoms with Crippen molar-refractivity contribution in [3.63, 3.8) is 0 Å². The van der Waals surface area contributed by atoms with Crippen molar-refractivity contribution in [2.24, 2.45) is 0 Å². The molecular weight excluding hydrogens is 262 g/mol. The van der Waals surface area contributed by atoms with E-state index in [-0.39, 0.29) is 5.97 Å². The monoisotopic (exact) mass is 277 g/mol. The molecule has 0 spiro atoms. The van der Waals surface area contributed by atoms with Gasteiger partial charge in [0.25, 0.3) is 0 Å². The van der Waals surface area contributed by atoms with E-state index in [1.165, 1.54) is 18.4 Å². The maximum absolute atomic E-state index is 11.7. The van der Waals surface area contributed by atoms with Crippen LogP contribution in [-0.4, -0.2) is 27.2 Å². The van der Waals surface area contributed by atoms with Gasteiger partial charge in [-0.25, -0.2) is 4.79 Å². The van der Waals surface area contributed by atoms with E-state index in [0.717, 1.165) is 21.9 Å². The number of thiophene rings is 1. The van der Waals surface area contributed by atoms with Gasteiger partial charge in [-0.3, -0.25) is 0 Å². The normalized spacial score (nSPS) is 10.1. The number of benzene rings is 1. The molecule has 0 amide bonds. The van der Waals surface area contributed by atoms with Crippen LogP contribution in [0.15, 0.2) is 30.3 Å². The Balaban J connectivity index is 2.51. The summed E-state index contributed by atoms with van der Waals surface area (Å²) in [7, 11) is 4.79. The molecule has 2 rings (SSSR count). The fourth-order valence-electron chi connectivity index (χ4n) is 1.80. The lowest BCUT2D eigenvalue weighted by Crippen LogP contribution is -2.01. The minimum atomic E-state index is -0.338. The van der Waals surface area contributed by atoms with Crippen LogP contribution >= 0.6 is 11.3 Å². The van der Waals surface area contributed by atoms with Crippen molar-refractivity contribution in [3.8, 4) is 16.2 Å². The zero-order valence-electron chi connectivity index (χ0n) is 11.0. The number of para-hydroxylation sites is 1. The number of esters is 1. The highest BCUT2D eigenvalue weighted by Gasteiger charge is 2.18. The molecule has 0 bridgehead atoms. The number of rotatable bonds is 4. The molecule has 0 unspecified atom stereocenters. The highest BCUT2D eigenvalue weighted by atomic mass is 32.1. The molecule has 0 saturated heterocycles. The van der Waals surface area contributed by atoms with E-state index < -0.39 is 0 Å². The maximum Gasteiger partial charge on any atom is 0.350 e. The Labute approximate surface area is 116 Å². The van der Waals surface area contributed by atoms with Crippen LogP contribution in [0, 0.1) is 0 Å². The van der Waals surface area contributed by atoms with Crippen molar-refractivity contribution in [1.82, 2.24) is 0 Å². The van der Waals surface area contributed by atoms with Gasteiger partial charge in [-0.05, 0) is 18.2 Å². The molecule has 2 aromatic rings. The van der Waals surface area contributed by atoms with Gasteiger partial charge in [0.2, 0.25) is 0 Å². The summed E-state index contributed by atoms with van der Waals surface area (Å²) >= 11 is 1.38. The first kappa shape index (κ1) is 13.4. The van der Waals surface area contributed by atoms with Gasteiger partial charge in [0.15, 0.2) is 0 Å². The van der Waals surface area contributed by atoms with Crippen molar-refractivity contribution in [2.75, 3.05) is 26.6 Å². The van der Waals surface area contributed by atoms with Crippen molar-refractivity contribution >= 4 is 23.0 Å². The summed E-state index contributed by atoms with van der Waals surface area (Å²) in [5, 5.41) is 3.01. The number of ether oxygens (including phenoxy) is 2. The molecule has 0 aliphatic rings. The molecular formula is C14H15NO3S. The summed E-state index contributed by atoms with van der Waals surface area (Å²) in [6.07, 6.45) is 0. The molecule has 0 aliphatic heterocycles. The first-order valence-corrected chi connectivity index (χ1v) is 6.56. The zero-order valence-corrected chi connectivity index (χ0v) is 11.8. The topological polar surface area (TPSA) is 47.6 Å². The third-order valence-electron chi connectivity index (χ3n) is 2.74. The number of nitrogens with one attached hydrogen (secondary N) is 1. The minimum Gasteiger partial charge on any atom is -0.496 e. The van der Waals surface area contributed by atoms with Crippen LogP contribution in [0.5, 0.6) is 5.75 Å². The molecule has 0 atom stereocenters. The van der Waals surface area contributed by atoms with Gasteiger partial charge in [0, 0.05) is 17.5 Å².